The lowest BCUT2D eigenvalue weighted by Crippen LogP contribution is -2.05. The van der Waals surface area contributed by atoms with Gasteiger partial charge in [0.05, 0.1) is 13.7 Å². The fourth-order valence-corrected chi connectivity index (χ4v) is 2.40. The Morgan fingerprint density at radius 2 is 2.17 bits per heavy atom. The Morgan fingerprint density at radius 3 is 2.83 bits per heavy atom. The summed E-state index contributed by atoms with van der Waals surface area (Å²) in [5, 5.41) is 4.22. The first kappa shape index (κ1) is 12.9. The highest BCUT2D eigenvalue weighted by atomic mass is 32.1. The van der Waals surface area contributed by atoms with E-state index in [9.17, 15) is 0 Å². The highest BCUT2D eigenvalue weighted by molar-refractivity contribution is 7.07. The van der Waals surface area contributed by atoms with Crippen LogP contribution in [0, 0.1) is 0 Å². The van der Waals surface area contributed by atoms with Crippen molar-refractivity contribution >= 4 is 11.3 Å². The van der Waals surface area contributed by atoms with Crippen molar-refractivity contribution in [1.29, 1.82) is 0 Å². The number of nitrogens with two attached hydrogens (primary N) is 1. The van der Waals surface area contributed by atoms with Crippen molar-refractivity contribution in [1.82, 2.24) is 0 Å². The smallest absolute Gasteiger partial charge is 0.124 e. The van der Waals surface area contributed by atoms with Crippen molar-refractivity contribution in [2.75, 3.05) is 13.7 Å². The molecule has 0 bridgehead atoms. The first-order valence-electron chi connectivity index (χ1n) is 5.84. The van der Waals surface area contributed by atoms with Gasteiger partial charge in [0.1, 0.15) is 11.5 Å². The molecule has 0 spiro atoms. The van der Waals surface area contributed by atoms with Crippen LogP contribution in [0.4, 0.5) is 0 Å². The van der Waals surface area contributed by atoms with Crippen molar-refractivity contribution < 1.29 is 9.47 Å². The summed E-state index contributed by atoms with van der Waals surface area (Å²) in [4.78, 5) is 0. The van der Waals surface area contributed by atoms with Crippen LogP contribution in [0.1, 0.15) is 11.1 Å². The molecule has 0 amide bonds. The second-order valence-corrected chi connectivity index (χ2v) is 4.69. The molecule has 1 heterocycles. The molecule has 0 aliphatic heterocycles. The van der Waals surface area contributed by atoms with Crippen molar-refractivity contribution in [2.45, 2.75) is 13.0 Å². The van der Waals surface area contributed by atoms with E-state index in [4.69, 9.17) is 15.2 Å². The molecule has 0 saturated heterocycles. The number of methoxy groups -OCH3 is 1. The third-order valence-corrected chi connectivity index (χ3v) is 3.45. The van der Waals surface area contributed by atoms with Crippen molar-refractivity contribution in [2.24, 2.45) is 5.73 Å². The van der Waals surface area contributed by atoms with E-state index in [2.05, 4.69) is 16.8 Å². The molecule has 2 aromatic rings. The standard InChI is InChI=1S/C14H17NO2S/c1-16-13-2-3-14(12(8-13)9-15)17-6-4-11-5-7-18-10-11/h2-3,5,7-8,10H,4,6,9,15H2,1H3. The van der Waals surface area contributed by atoms with Gasteiger partial charge in [-0.05, 0) is 40.6 Å². The number of benzene rings is 1. The van der Waals surface area contributed by atoms with Crippen LogP contribution in [-0.4, -0.2) is 13.7 Å². The Bertz CT molecular complexity index is 483. The fourth-order valence-electron chi connectivity index (χ4n) is 1.70. The molecule has 4 heteroatoms. The van der Waals surface area contributed by atoms with E-state index >= 15 is 0 Å². The molecule has 96 valence electrons. The second-order valence-electron chi connectivity index (χ2n) is 3.91. The zero-order valence-electron chi connectivity index (χ0n) is 10.4. The summed E-state index contributed by atoms with van der Waals surface area (Å²) < 4.78 is 10.9. The topological polar surface area (TPSA) is 44.5 Å². The van der Waals surface area contributed by atoms with Crippen LogP contribution in [0.25, 0.3) is 0 Å². The van der Waals surface area contributed by atoms with E-state index in [1.54, 1.807) is 18.4 Å². The van der Waals surface area contributed by atoms with Crippen LogP contribution in [0.15, 0.2) is 35.0 Å². The van der Waals surface area contributed by atoms with Gasteiger partial charge in [-0.15, -0.1) is 0 Å². The van der Waals surface area contributed by atoms with E-state index in [0.29, 0.717) is 13.2 Å². The fraction of sp³-hybridized carbons (Fsp3) is 0.286. The zero-order valence-corrected chi connectivity index (χ0v) is 11.2. The highest BCUT2D eigenvalue weighted by Crippen LogP contribution is 2.24. The highest BCUT2D eigenvalue weighted by Gasteiger charge is 2.04. The van der Waals surface area contributed by atoms with Gasteiger partial charge in [-0.25, -0.2) is 0 Å². The predicted molar refractivity (Wildman–Crippen MR) is 74.4 cm³/mol. The number of rotatable bonds is 6. The monoisotopic (exact) mass is 263 g/mol. The van der Waals surface area contributed by atoms with E-state index in [0.717, 1.165) is 23.5 Å². The maximum atomic E-state index is 5.77. The molecule has 3 nitrogen and oxygen atoms in total. The van der Waals surface area contributed by atoms with Crippen LogP contribution in [0.5, 0.6) is 11.5 Å². The molecule has 0 radical (unpaired) electrons. The van der Waals surface area contributed by atoms with Crippen molar-refractivity contribution in [3.05, 3.63) is 46.2 Å². The Labute approximate surface area is 111 Å². The lowest BCUT2D eigenvalue weighted by Gasteiger charge is -2.11. The summed E-state index contributed by atoms with van der Waals surface area (Å²) in [6, 6.07) is 7.83. The third-order valence-electron chi connectivity index (χ3n) is 2.72. The van der Waals surface area contributed by atoms with Gasteiger partial charge < -0.3 is 15.2 Å². The minimum Gasteiger partial charge on any atom is -0.497 e. The van der Waals surface area contributed by atoms with E-state index in [1.165, 1.54) is 5.56 Å². The van der Waals surface area contributed by atoms with Crippen molar-refractivity contribution in [3.8, 4) is 11.5 Å². The van der Waals surface area contributed by atoms with Crippen LogP contribution in [0.3, 0.4) is 0 Å². The van der Waals surface area contributed by atoms with Crippen LogP contribution >= 0.6 is 11.3 Å². The summed E-state index contributed by atoms with van der Waals surface area (Å²) in [6.45, 7) is 1.11. The van der Waals surface area contributed by atoms with Gasteiger partial charge in [-0.1, -0.05) is 0 Å². The Morgan fingerprint density at radius 1 is 1.28 bits per heavy atom. The van der Waals surface area contributed by atoms with Crippen LogP contribution in [0.2, 0.25) is 0 Å². The van der Waals surface area contributed by atoms with Crippen LogP contribution < -0.4 is 15.2 Å². The molecule has 0 saturated carbocycles. The quantitative estimate of drug-likeness (QED) is 0.871. The maximum absolute atomic E-state index is 5.77. The summed E-state index contributed by atoms with van der Waals surface area (Å²) in [5.74, 6) is 1.65. The van der Waals surface area contributed by atoms with Gasteiger partial charge in [0.15, 0.2) is 0 Å². The molecular formula is C14H17NO2S. The maximum Gasteiger partial charge on any atom is 0.124 e. The van der Waals surface area contributed by atoms with Crippen LogP contribution in [-0.2, 0) is 13.0 Å². The third kappa shape index (κ3) is 3.24. The van der Waals surface area contributed by atoms with Gasteiger partial charge in [0, 0.05) is 18.5 Å². The molecule has 18 heavy (non-hydrogen) atoms. The molecular weight excluding hydrogens is 246 g/mol. The van der Waals surface area contributed by atoms with Gasteiger partial charge in [0.2, 0.25) is 0 Å². The Kier molecular flexibility index (Phi) is 4.61. The molecule has 0 aliphatic carbocycles. The molecule has 2 N–H and O–H groups in total. The van der Waals surface area contributed by atoms with Gasteiger partial charge in [-0.2, -0.15) is 11.3 Å². The summed E-state index contributed by atoms with van der Waals surface area (Å²) >= 11 is 1.71. The first-order valence-corrected chi connectivity index (χ1v) is 6.78. The normalized spacial score (nSPS) is 10.3. The average molecular weight is 263 g/mol. The van der Waals surface area contributed by atoms with Gasteiger partial charge in [0.25, 0.3) is 0 Å². The Hall–Kier alpha value is -1.52. The number of ether oxygens (including phenoxy) is 2. The summed E-state index contributed by atoms with van der Waals surface area (Å²) in [6.07, 6.45) is 0.916. The second kappa shape index (κ2) is 6.42. The van der Waals surface area contributed by atoms with E-state index < -0.39 is 0 Å². The molecule has 2 rings (SSSR count). The largest absolute Gasteiger partial charge is 0.497 e. The molecule has 0 aliphatic rings. The summed E-state index contributed by atoms with van der Waals surface area (Å²) in [5.41, 5.74) is 7.99. The number of hydrogen-bond donors (Lipinski definition) is 1. The molecule has 0 atom stereocenters. The first-order chi connectivity index (χ1) is 8.83. The molecule has 1 aromatic heterocycles. The molecule has 0 unspecified atom stereocenters. The SMILES string of the molecule is COc1ccc(OCCc2ccsc2)c(CN)c1. The van der Waals surface area contributed by atoms with E-state index in [-0.39, 0.29) is 0 Å². The number of hydrogen-bond acceptors (Lipinski definition) is 4. The lowest BCUT2D eigenvalue weighted by atomic mass is 10.2. The zero-order chi connectivity index (χ0) is 12.8. The Balaban J connectivity index is 1.96. The lowest BCUT2D eigenvalue weighted by molar-refractivity contribution is 0.317. The minimum absolute atomic E-state index is 0.449. The van der Waals surface area contributed by atoms with Crippen molar-refractivity contribution in [3.63, 3.8) is 0 Å². The number of thiophene rings is 1. The summed E-state index contributed by atoms with van der Waals surface area (Å²) in [7, 11) is 1.65. The van der Waals surface area contributed by atoms with Gasteiger partial charge >= 0.3 is 0 Å². The predicted octanol–water partition coefficient (Wildman–Crippen LogP) is 2.84. The molecule has 1 aromatic carbocycles. The minimum atomic E-state index is 0.449. The van der Waals surface area contributed by atoms with E-state index in [1.807, 2.05) is 18.2 Å². The molecule has 0 fully saturated rings. The average Bonchev–Trinajstić information content (AvgIpc) is 2.92. The van der Waals surface area contributed by atoms with Gasteiger partial charge in [-0.3, -0.25) is 0 Å².